The van der Waals surface area contributed by atoms with Gasteiger partial charge in [0.05, 0.1) is 16.1 Å². The second-order valence-corrected chi connectivity index (χ2v) is 9.51. The zero-order chi connectivity index (χ0) is 22.9. The topological polar surface area (TPSA) is 63.5 Å². The Morgan fingerprint density at radius 3 is 2.42 bits per heavy atom. The van der Waals surface area contributed by atoms with Crippen molar-refractivity contribution in [1.29, 1.82) is 0 Å². The molecule has 0 saturated carbocycles. The standard InChI is InChI=1S/C24H24ClN5O2S/c1-16-3-7-19(8-4-16)30-23-22(17(2)27-30)33-24(26-23)29-13-11-28(12-14-29)21(31)15-32-20-9-5-18(25)6-10-20/h3-10H,11-15H2,1-2H3. The van der Waals surface area contributed by atoms with Crippen molar-refractivity contribution in [2.24, 2.45) is 0 Å². The predicted molar refractivity (Wildman–Crippen MR) is 132 cm³/mol. The minimum atomic E-state index is -0.0141. The average Bonchev–Trinajstić information content (AvgIpc) is 3.40. The number of carbonyl (C=O) groups is 1. The van der Waals surface area contributed by atoms with Gasteiger partial charge in [-0.25, -0.2) is 4.68 Å². The Hall–Kier alpha value is -3.10. The number of benzene rings is 2. The van der Waals surface area contributed by atoms with E-state index in [0.717, 1.165) is 39.9 Å². The first-order valence-corrected chi connectivity index (χ1v) is 12.0. The lowest BCUT2D eigenvalue weighted by Gasteiger charge is -2.34. The van der Waals surface area contributed by atoms with Crippen molar-refractivity contribution < 1.29 is 9.53 Å². The molecule has 0 N–H and O–H groups in total. The summed E-state index contributed by atoms with van der Waals surface area (Å²) in [5.74, 6) is 0.624. The van der Waals surface area contributed by atoms with Gasteiger partial charge in [0.2, 0.25) is 0 Å². The Bertz CT molecular complexity index is 1270. The van der Waals surface area contributed by atoms with Crippen molar-refractivity contribution in [3.63, 3.8) is 0 Å². The number of halogens is 1. The van der Waals surface area contributed by atoms with Crippen LogP contribution >= 0.6 is 22.9 Å². The molecule has 4 aromatic rings. The van der Waals surface area contributed by atoms with Gasteiger partial charge in [-0.15, -0.1) is 0 Å². The van der Waals surface area contributed by atoms with E-state index in [1.54, 1.807) is 35.6 Å². The highest BCUT2D eigenvalue weighted by Gasteiger charge is 2.25. The summed E-state index contributed by atoms with van der Waals surface area (Å²) in [5, 5.41) is 6.30. The Kier molecular flexibility index (Phi) is 5.95. The van der Waals surface area contributed by atoms with E-state index >= 15 is 0 Å². The van der Waals surface area contributed by atoms with Crippen molar-refractivity contribution in [2.45, 2.75) is 13.8 Å². The third kappa shape index (κ3) is 4.54. The summed E-state index contributed by atoms with van der Waals surface area (Å²) < 4.78 is 8.62. The van der Waals surface area contributed by atoms with Crippen molar-refractivity contribution in [1.82, 2.24) is 19.7 Å². The fourth-order valence-corrected chi connectivity index (χ4v) is 5.00. The number of thiazole rings is 1. The fourth-order valence-electron chi connectivity index (χ4n) is 3.84. The molecule has 1 amide bonds. The second-order valence-electron chi connectivity index (χ2n) is 8.09. The number of ether oxygens (including phenoxy) is 1. The van der Waals surface area contributed by atoms with Crippen LogP contribution in [0.25, 0.3) is 16.0 Å². The number of fused-ring (bicyclic) bond motifs is 1. The Labute approximate surface area is 201 Å². The van der Waals surface area contributed by atoms with Crippen LogP contribution in [-0.2, 0) is 4.79 Å². The molecule has 2 aromatic heterocycles. The summed E-state index contributed by atoms with van der Waals surface area (Å²) in [4.78, 5) is 21.6. The molecular weight excluding hydrogens is 458 g/mol. The molecule has 7 nitrogen and oxygen atoms in total. The van der Waals surface area contributed by atoms with Crippen molar-refractivity contribution in [3.8, 4) is 11.4 Å². The van der Waals surface area contributed by atoms with Gasteiger partial charge in [0.15, 0.2) is 17.4 Å². The summed E-state index contributed by atoms with van der Waals surface area (Å²) in [5.41, 5.74) is 4.07. The lowest BCUT2D eigenvalue weighted by atomic mass is 10.2. The smallest absolute Gasteiger partial charge is 0.260 e. The maximum atomic E-state index is 12.6. The molecule has 3 heterocycles. The summed E-state index contributed by atoms with van der Waals surface area (Å²) in [6, 6.07) is 15.3. The van der Waals surface area contributed by atoms with Crippen LogP contribution in [0.4, 0.5) is 5.13 Å². The molecular formula is C24H24ClN5O2S. The number of amides is 1. The maximum Gasteiger partial charge on any atom is 0.260 e. The number of hydrogen-bond donors (Lipinski definition) is 0. The third-order valence-electron chi connectivity index (χ3n) is 5.73. The average molecular weight is 482 g/mol. The molecule has 0 atom stereocenters. The Balaban J connectivity index is 1.24. The molecule has 0 spiro atoms. The van der Waals surface area contributed by atoms with Gasteiger partial charge in [-0.1, -0.05) is 40.6 Å². The number of piperazine rings is 1. The van der Waals surface area contributed by atoms with Gasteiger partial charge in [-0.2, -0.15) is 10.1 Å². The Morgan fingerprint density at radius 2 is 1.73 bits per heavy atom. The highest BCUT2D eigenvalue weighted by Crippen LogP contribution is 2.33. The highest BCUT2D eigenvalue weighted by atomic mass is 35.5. The first-order valence-electron chi connectivity index (χ1n) is 10.8. The minimum absolute atomic E-state index is 0.0141. The number of anilines is 1. The van der Waals surface area contributed by atoms with Gasteiger partial charge >= 0.3 is 0 Å². The van der Waals surface area contributed by atoms with Crippen LogP contribution in [0.1, 0.15) is 11.3 Å². The monoisotopic (exact) mass is 481 g/mol. The summed E-state index contributed by atoms with van der Waals surface area (Å²) >= 11 is 7.55. The van der Waals surface area contributed by atoms with Gasteiger partial charge in [-0.05, 0) is 50.2 Å². The molecule has 2 aromatic carbocycles. The van der Waals surface area contributed by atoms with Crippen LogP contribution < -0.4 is 9.64 Å². The SMILES string of the molecule is Cc1ccc(-n2nc(C)c3sc(N4CCN(C(=O)COc5ccc(Cl)cc5)CC4)nc32)cc1. The molecule has 0 bridgehead atoms. The van der Waals surface area contributed by atoms with Crippen molar-refractivity contribution in [3.05, 3.63) is 64.8 Å². The molecule has 0 radical (unpaired) electrons. The predicted octanol–water partition coefficient (Wildman–Crippen LogP) is 4.48. The number of carbonyl (C=O) groups excluding carboxylic acids is 1. The maximum absolute atomic E-state index is 12.6. The second kappa shape index (κ2) is 9.03. The van der Waals surface area contributed by atoms with Gasteiger partial charge in [-0.3, -0.25) is 4.79 Å². The molecule has 1 saturated heterocycles. The fraction of sp³-hybridized carbons (Fsp3) is 0.292. The molecule has 33 heavy (non-hydrogen) atoms. The quantitative estimate of drug-likeness (QED) is 0.420. The van der Waals surface area contributed by atoms with Crippen LogP contribution in [0.3, 0.4) is 0 Å². The van der Waals surface area contributed by atoms with E-state index in [4.69, 9.17) is 26.4 Å². The Morgan fingerprint density at radius 1 is 1.03 bits per heavy atom. The molecule has 5 rings (SSSR count). The molecule has 1 aliphatic rings. The lowest BCUT2D eigenvalue weighted by molar-refractivity contribution is -0.133. The number of hydrogen-bond acceptors (Lipinski definition) is 6. The molecule has 170 valence electrons. The largest absolute Gasteiger partial charge is 0.484 e. The van der Waals surface area contributed by atoms with Gasteiger partial charge < -0.3 is 14.5 Å². The van der Waals surface area contributed by atoms with Crippen LogP contribution in [-0.4, -0.2) is 58.4 Å². The van der Waals surface area contributed by atoms with E-state index < -0.39 is 0 Å². The summed E-state index contributed by atoms with van der Waals surface area (Å²) in [6.07, 6.45) is 0. The number of rotatable bonds is 5. The number of aromatic nitrogens is 3. The van der Waals surface area contributed by atoms with Crippen LogP contribution in [0, 0.1) is 13.8 Å². The normalized spacial score (nSPS) is 14.2. The van der Waals surface area contributed by atoms with E-state index in [1.165, 1.54) is 5.56 Å². The van der Waals surface area contributed by atoms with E-state index in [1.807, 2.05) is 16.5 Å². The number of aryl methyl sites for hydroxylation is 2. The van der Waals surface area contributed by atoms with Crippen LogP contribution in [0.2, 0.25) is 5.02 Å². The lowest BCUT2D eigenvalue weighted by Crippen LogP contribution is -2.50. The molecule has 1 aliphatic heterocycles. The first-order chi connectivity index (χ1) is 16.0. The molecule has 1 fully saturated rings. The zero-order valence-electron chi connectivity index (χ0n) is 18.5. The van der Waals surface area contributed by atoms with E-state index in [2.05, 4.69) is 36.1 Å². The molecule has 9 heteroatoms. The van der Waals surface area contributed by atoms with Crippen LogP contribution in [0.5, 0.6) is 5.75 Å². The highest BCUT2D eigenvalue weighted by molar-refractivity contribution is 7.22. The van der Waals surface area contributed by atoms with Gasteiger partial charge in [0.1, 0.15) is 5.75 Å². The van der Waals surface area contributed by atoms with E-state index in [0.29, 0.717) is 23.9 Å². The van der Waals surface area contributed by atoms with E-state index in [9.17, 15) is 4.79 Å². The summed E-state index contributed by atoms with van der Waals surface area (Å²) in [7, 11) is 0. The third-order valence-corrected chi connectivity index (χ3v) is 7.20. The number of nitrogens with zero attached hydrogens (tertiary/aromatic N) is 5. The first kappa shape index (κ1) is 21.7. The van der Waals surface area contributed by atoms with Crippen molar-refractivity contribution >= 4 is 44.3 Å². The molecule has 0 unspecified atom stereocenters. The minimum Gasteiger partial charge on any atom is -0.484 e. The zero-order valence-corrected chi connectivity index (χ0v) is 20.1. The molecule has 0 aliphatic carbocycles. The summed E-state index contributed by atoms with van der Waals surface area (Å²) in [6.45, 7) is 6.87. The van der Waals surface area contributed by atoms with E-state index in [-0.39, 0.29) is 12.5 Å². The van der Waals surface area contributed by atoms with Gasteiger partial charge in [0, 0.05) is 31.2 Å². The van der Waals surface area contributed by atoms with Crippen molar-refractivity contribution in [2.75, 3.05) is 37.7 Å². The van der Waals surface area contributed by atoms with Crippen LogP contribution in [0.15, 0.2) is 48.5 Å². The van der Waals surface area contributed by atoms with Gasteiger partial charge in [0.25, 0.3) is 5.91 Å².